The first-order valence-electron chi connectivity index (χ1n) is 8.57. The lowest BCUT2D eigenvalue weighted by Gasteiger charge is -2.55. The summed E-state index contributed by atoms with van der Waals surface area (Å²) in [6.45, 7) is 1.07. The molecule has 23 heavy (non-hydrogen) atoms. The number of fused-ring (bicyclic) bond motifs is 2. The van der Waals surface area contributed by atoms with Crippen LogP contribution in [0.5, 0.6) is 11.5 Å². The number of carbonyl (C=O) groups is 1. The first kappa shape index (κ1) is 15.0. The molecule has 1 aromatic rings. The number of likely N-dealkylation sites (N-methyl/N-ethyl adjacent to an activating group) is 1. The van der Waals surface area contributed by atoms with E-state index < -0.39 is 0 Å². The summed E-state index contributed by atoms with van der Waals surface area (Å²) in [5, 5.41) is 0. The van der Waals surface area contributed by atoms with E-state index in [1.54, 1.807) is 14.2 Å². The number of likely N-dealkylation sites (tertiary alicyclic amines) is 1. The SMILES string of the molecule is COc1ccc(C23CCN(C)C2C2CCC3CC2=O)cc1OC. The van der Waals surface area contributed by atoms with E-state index in [-0.39, 0.29) is 11.3 Å². The average molecular weight is 315 g/mol. The Labute approximate surface area is 137 Å². The molecule has 1 aliphatic heterocycles. The number of benzene rings is 1. The van der Waals surface area contributed by atoms with E-state index in [1.165, 1.54) is 12.0 Å². The summed E-state index contributed by atoms with van der Waals surface area (Å²) in [5.74, 6) is 2.72. The number of hydrogen-bond donors (Lipinski definition) is 0. The zero-order chi connectivity index (χ0) is 16.2. The maximum absolute atomic E-state index is 12.5. The Bertz CT molecular complexity index is 644. The number of carbonyl (C=O) groups excluding carboxylic acids is 1. The van der Waals surface area contributed by atoms with Gasteiger partial charge < -0.3 is 14.4 Å². The Hall–Kier alpha value is -1.55. The van der Waals surface area contributed by atoms with Crippen molar-refractivity contribution in [2.75, 3.05) is 27.8 Å². The van der Waals surface area contributed by atoms with Crippen LogP contribution >= 0.6 is 0 Å². The van der Waals surface area contributed by atoms with Crippen LogP contribution in [0.1, 0.15) is 31.2 Å². The van der Waals surface area contributed by atoms with Gasteiger partial charge >= 0.3 is 0 Å². The van der Waals surface area contributed by atoms with Gasteiger partial charge in [0, 0.05) is 23.8 Å². The van der Waals surface area contributed by atoms with Crippen LogP contribution in [0, 0.1) is 11.8 Å². The lowest BCUT2D eigenvalue weighted by molar-refractivity contribution is -0.136. The third-order valence-electron chi connectivity index (χ3n) is 6.60. The lowest BCUT2D eigenvalue weighted by atomic mass is 9.50. The van der Waals surface area contributed by atoms with Crippen molar-refractivity contribution in [3.63, 3.8) is 0 Å². The molecule has 0 N–H and O–H groups in total. The highest BCUT2D eigenvalue weighted by Crippen LogP contribution is 2.59. The maximum atomic E-state index is 12.5. The zero-order valence-electron chi connectivity index (χ0n) is 14.2. The molecule has 1 heterocycles. The minimum Gasteiger partial charge on any atom is -0.493 e. The van der Waals surface area contributed by atoms with Crippen LogP contribution in [-0.4, -0.2) is 44.5 Å². The fourth-order valence-corrected chi connectivity index (χ4v) is 5.64. The Morgan fingerprint density at radius 1 is 1.17 bits per heavy atom. The van der Waals surface area contributed by atoms with Gasteiger partial charge in [-0.05, 0) is 56.5 Å². The van der Waals surface area contributed by atoms with Gasteiger partial charge in [0.15, 0.2) is 11.5 Å². The topological polar surface area (TPSA) is 38.8 Å². The van der Waals surface area contributed by atoms with Crippen molar-refractivity contribution in [2.24, 2.45) is 11.8 Å². The van der Waals surface area contributed by atoms with E-state index in [9.17, 15) is 4.79 Å². The number of hydrogen-bond acceptors (Lipinski definition) is 4. The normalized spacial score (nSPS) is 36.1. The molecule has 0 radical (unpaired) electrons. The largest absolute Gasteiger partial charge is 0.493 e. The highest BCUT2D eigenvalue weighted by molar-refractivity contribution is 5.85. The number of rotatable bonds is 3. The highest BCUT2D eigenvalue weighted by atomic mass is 16.5. The molecule has 1 aromatic carbocycles. The van der Waals surface area contributed by atoms with Crippen molar-refractivity contribution in [2.45, 2.75) is 37.1 Å². The molecule has 2 bridgehead atoms. The first-order chi connectivity index (χ1) is 11.1. The van der Waals surface area contributed by atoms with Crippen molar-refractivity contribution >= 4 is 5.78 Å². The van der Waals surface area contributed by atoms with E-state index in [0.29, 0.717) is 17.7 Å². The predicted molar refractivity (Wildman–Crippen MR) is 88.1 cm³/mol. The molecule has 5 rings (SSSR count). The molecule has 4 unspecified atom stereocenters. The second-order valence-electron chi connectivity index (χ2n) is 7.34. The molecule has 0 spiro atoms. The number of nitrogens with zero attached hydrogens (tertiary/aromatic N) is 1. The van der Waals surface area contributed by atoms with Crippen LogP contribution < -0.4 is 9.47 Å². The minimum absolute atomic E-state index is 0.102. The van der Waals surface area contributed by atoms with Gasteiger partial charge in [-0.1, -0.05) is 6.07 Å². The van der Waals surface area contributed by atoms with E-state index in [2.05, 4.69) is 24.1 Å². The van der Waals surface area contributed by atoms with Gasteiger partial charge in [-0.25, -0.2) is 0 Å². The first-order valence-corrected chi connectivity index (χ1v) is 8.57. The second kappa shape index (κ2) is 5.23. The zero-order valence-corrected chi connectivity index (χ0v) is 14.2. The minimum atomic E-state index is 0.102. The molecule has 4 fully saturated rings. The molecule has 4 heteroatoms. The second-order valence-corrected chi connectivity index (χ2v) is 7.34. The van der Waals surface area contributed by atoms with Crippen LogP contribution in [0.15, 0.2) is 18.2 Å². The number of Topliss-reactive ketones (excluding diaryl/α,β-unsaturated/α-hetero) is 1. The molecule has 4 aliphatic rings. The third-order valence-corrected chi connectivity index (χ3v) is 6.60. The molecule has 0 amide bonds. The number of ether oxygens (including phenoxy) is 2. The number of ketones is 1. The summed E-state index contributed by atoms with van der Waals surface area (Å²) in [6.07, 6.45) is 4.13. The maximum Gasteiger partial charge on any atom is 0.161 e. The Kier molecular flexibility index (Phi) is 3.41. The third kappa shape index (κ3) is 1.90. The highest BCUT2D eigenvalue weighted by Gasteiger charge is 2.62. The van der Waals surface area contributed by atoms with Crippen LogP contribution in [0.25, 0.3) is 0 Å². The van der Waals surface area contributed by atoms with Gasteiger partial charge in [-0.3, -0.25) is 4.79 Å². The Morgan fingerprint density at radius 2 is 1.96 bits per heavy atom. The van der Waals surface area contributed by atoms with Crippen molar-refractivity contribution in [1.29, 1.82) is 0 Å². The fraction of sp³-hybridized carbons (Fsp3) is 0.632. The van der Waals surface area contributed by atoms with E-state index in [1.807, 2.05) is 6.07 Å². The van der Waals surface area contributed by atoms with Gasteiger partial charge in [-0.2, -0.15) is 0 Å². The molecule has 1 saturated heterocycles. The number of methoxy groups -OCH3 is 2. The molecule has 3 saturated carbocycles. The van der Waals surface area contributed by atoms with Gasteiger partial charge in [0.1, 0.15) is 5.78 Å². The lowest BCUT2D eigenvalue weighted by Crippen LogP contribution is -2.60. The Balaban J connectivity index is 1.84. The van der Waals surface area contributed by atoms with E-state index >= 15 is 0 Å². The van der Waals surface area contributed by atoms with Crippen molar-refractivity contribution < 1.29 is 14.3 Å². The Morgan fingerprint density at radius 3 is 2.65 bits per heavy atom. The predicted octanol–water partition coefficient (Wildman–Crippen LogP) is 2.64. The van der Waals surface area contributed by atoms with E-state index in [0.717, 1.165) is 37.3 Å². The molecule has 4 atom stereocenters. The summed E-state index contributed by atoms with van der Waals surface area (Å²) in [6, 6.07) is 6.71. The molecule has 124 valence electrons. The van der Waals surface area contributed by atoms with Gasteiger partial charge in [-0.15, -0.1) is 0 Å². The standard InChI is InChI=1S/C19H25NO3/c1-20-9-8-19(12-4-6-14(18(19)20)15(21)10-12)13-5-7-16(22-2)17(11-13)23-3/h5,7,11-12,14,18H,4,6,8-10H2,1-3H3. The van der Waals surface area contributed by atoms with Crippen LogP contribution in [0.4, 0.5) is 0 Å². The fourth-order valence-electron chi connectivity index (χ4n) is 5.64. The van der Waals surface area contributed by atoms with Crippen molar-refractivity contribution in [1.82, 2.24) is 4.90 Å². The molecule has 4 nitrogen and oxygen atoms in total. The quantitative estimate of drug-likeness (QED) is 0.859. The smallest absolute Gasteiger partial charge is 0.161 e. The van der Waals surface area contributed by atoms with Crippen molar-refractivity contribution in [3.05, 3.63) is 23.8 Å². The van der Waals surface area contributed by atoms with Gasteiger partial charge in [0.05, 0.1) is 14.2 Å². The molecular formula is C19H25NO3. The summed E-state index contributed by atoms with van der Waals surface area (Å²) in [4.78, 5) is 14.9. The summed E-state index contributed by atoms with van der Waals surface area (Å²) < 4.78 is 10.9. The van der Waals surface area contributed by atoms with Gasteiger partial charge in [0.2, 0.25) is 0 Å². The van der Waals surface area contributed by atoms with Crippen molar-refractivity contribution in [3.8, 4) is 11.5 Å². The molecule has 0 aromatic heterocycles. The van der Waals surface area contributed by atoms with Crippen LogP contribution in [0.3, 0.4) is 0 Å². The average Bonchev–Trinajstić information content (AvgIpc) is 2.95. The summed E-state index contributed by atoms with van der Waals surface area (Å²) in [7, 11) is 5.54. The summed E-state index contributed by atoms with van der Waals surface area (Å²) >= 11 is 0. The molecular weight excluding hydrogens is 290 g/mol. The molecule has 3 aliphatic carbocycles. The summed E-state index contributed by atoms with van der Waals surface area (Å²) in [5.41, 5.74) is 1.43. The van der Waals surface area contributed by atoms with Gasteiger partial charge in [0.25, 0.3) is 0 Å². The monoisotopic (exact) mass is 315 g/mol. The van der Waals surface area contributed by atoms with Crippen LogP contribution in [0.2, 0.25) is 0 Å². The van der Waals surface area contributed by atoms with Crippen LogP contribution in [-0.2, 0) is 10.2 Å². The van der Waals surface area contributed by atoms with E-state index in [4.69, 9.17) is 9.47 Å².